The largest absolute Gasteiger partial charge is 0.506 e. The van der Waals surface area contributed by atoms with E-state index in [-0.39, 0.29) is 22.6 Å². The fourth-order valence-electron chi connectivity index (χ4n) is 1.60. The van der Waals surface area contributed by atoms with Gasteiger partial charge in [-0.3, -0.25) is 4.79 Å². The van der Waals surface area contributed by atoms with E-state index in [2.05, 4.69) is 42.4 Å². The molecule has 0 heterocycles. The van der Waals surface area contributed by atoms with Gasteiger partial charge in [0.15, 0.2) is 6.61 Å². The molecule has 0 bridgehead atoms. The zero-order valence-corrected chi connectivity index (χ0v) is 15.9. The molecule has 24 heavy (non-hydrogen) atoms. The molecule has 6 nitrogen and oxygen atoms in total. The minimum absolute atomic E-state index is 0.121. The monoisotopic (exact) mass is 476 g/mol. The Morgan fingerprint density at radius 3 is 2.58 bits per heavy atom. The summed E-state index contributed by atoms with van der Waals surface area (Å²) in [6.07, 6.45) is 1.24. The lowest BCUT2D eigenvalue weighted by atomic mass is 10.2. The van der Waals surface area contributed by atoms with Gasteiger partial charge in [-0.1, -0.05) is 11.6 Å². The van der Waals surface area contributed by atoms with Crippen LogP contribution in [0.1, 0.15) is 5.56 Å². The van der Waals surface area contributed by atoms with Crippen LogP contribution in [-0.4, -0.2) is 28.9 Å². The molecule has 0 aliphatic heterocycles. The lowest BCUT2D eigenvalue weighted by molar-refractivity contribution is -0.123. The van der Waals surface area contributed by atoms with E-state index in [4.69, 9.17) is 16.3 Å². The third-order valence-corrected chi connectivity index (χ3v) is 4.38. The van der Waals surface area contributed by atoms with Crippen LogP contribution in [0.2, 0.25) is 5.02 Å². The average molecular weight is 479 g/mol. The number of aromatic hydroxyl groups is 2. The average Bonchev–Trinajstić information content (AvgIpc) is 2.57. The predicted octanol–water partition coefficient (Wildman–Crippen LogP) is 3.81. The maximum Gasteiger partial charge on any atom is 0.277 e. The van der Waals surface area contributed by atoms with Gasteiger partial charge in [-0.15, -0.1) is 0 Å². The molecule has 0 unspecified atom stereocenters. The second-order valence-electron chi connectivity index (χ2n) is 4.49. The molecule has 0 aliphatic rings. The smallest absolute Gasteiger partial charge is 0.277 e. The van der Waals surface area contributed by atoms with Gasteiger partial charge < -0.3 is 14.9 Å². The van der Waals surface area contributed by atoms with Crippen molar-refractivity contribution in [2.75, 3.05) is 6.61 Å². The Bertz CT molecular complexity index is 782. The minimum atomic E-state index is -0.474. The summed E-state index contributed by atoms with van der Waals surface area (Å²) >= 11 is 11.9. The SMILES string of the molecule is O=C(COc1ccc(Cl)cc1)N/N=C/c1cc(Br)c(O)c(Br)c1O. The Hall–Kier alpha value is -1.77. The molecule has 2 aromatic rings. The molecule has 126 valence electrons. The number of ether oxygens (including phenoxy) is 1. The van der Waals surface area contributed by atoms with Gasteiger partial charge in [-0.05, 0) is 62.2 Å². The third-order valence-electron chi connectivity index (χ3n) is 2.77. The van der Waals surface area contributed by atoms with Gasteiger partial charge in [-0.2, -0.15) is 5.10 Å². The zero-order valence-electron chi connectivity index (χ0n) is 12.0. The number of hydrogen-bond donors (Lipinski definition) is 3. The topological polar surface area (TPSA) is 91.2 Å². The van der Waals surface area contributed by atoms with Crippen molar-refractivity contribution < 1.29 is 19.7 Å². The first-order valence-electron chi connectivity index (χ1n) is 6.48. The van der Waals surface area contributed by atoms with Crippen LogP contribution in [0.3, 0.4) is 0 Å². The number of rotatable bonds is 5. The van der Waals surface area contributed by atoms with E-state index in [1.165, 1.54) is 12.3 Å². The summed E-state index contributed by atoms with van der Waals surface area (Å²) in [5, 5.41) is 23.8. The van der Waals surface area contributed by atoms with Crippen LogP contribution in [0, 0.1) is 0 Å². The lowest BCUT2D eigenvalue weighted by Gasteiger charge is -2.07. The van der Waals surface area contributed by atoms with E-state index in [1.807, 2.05) is 0 Å². The van der Waals surface area contributed by atoms with Crippen LogP contribution in [0.5, 0.6) is 17.2 Å². The van der Waals surface area contributed by atoms with E-state index in [9.17, 15) is 15.0 Å². The summed E-state index contributed by atoms with van der Waals surface area (Å²) in [5.74, 6) is -0.309. The molecular formula is C15H11Br2ClN2O4. The van der Waals surface area contributed by atoms with Crippen molar-refractivity contribution in [3.05, 3.63) is 49.9 Å². The lowest BCUT2D eigenvalue weighted by Crippen LogP contribution is -2.24. The number of hydrogen-bond acceptors (Lipinski definition) is 5. The fraction of sp³-hybridized carbons (Fsp3) is 0.0667. The summed E-state index contributed by atoms with van der Waals surface area (Å²) in [5.41, 5.74) is 2.57. The van der Waals surface area contributed by atoms with Gasteiger partial charge in [0.1, 0.15) is 21.7 Å². The van der Waals surface area contributed by atoms with Crippen molar-refractivity contribution in [3.63, 3.8) is 0 Å². The molecule has 1 amide bonds. The molecule has 0 radical (unpaired) electrons. The Labute approximate surface area is 159 Å². The highest BCUT2D eigenvalue weighted by atomic mass is 79.9. The molecule has 9 heteroatoms. The van der Waals surface area contributed by atoms with Crippen LogP contribution in [0.4, 0.5) is 0 Å². The standard InChI is InChI=1S/C15H11Br2ClN2O4/c16-11-5-8(14(22)13(17)15(11)23)6-19-20-12(21)7-24-10-3-1-9(18)2-4-10/h1-6,22-23H,7H2,(H,20,21)/b19-6+. The normalized spacial score (nSPS) is 10.8. The zero-order chi connectivity index (χ0) is 17.7. The molecule has 0 saturated carbocycles. The highest BCUT2D eigenvalue weighted by molar-refractivity contribution is 9.11. The Kier molecular flexibility index (Phi) is 6.47. The number of phenolic OH excluding ortho intramolecular Hbond substituents is 2. The summed E-state index contributed by atoms with van der Waals surface area (Å²) in [6, 6.07) is 8.03. The number of amides is 1. The number of nitrogens with one attached hydrogen (secondary N) is 1. The third kappa shape index (κ3) is 4.86. The number of carbonyl (C=O) groups is 1. The maximum absolute atomic E-state index is 11.6. The molecule has 0 saturated heterocycles. The van der Waals surface area contributed by atoms with Crippen LogP contribution < -0.4 is 10.2 Å². The molecule has 2 aromatic carbocycles. The molecule has 0 spiro atoms. The van der Waals surface area contributed by atoms with E-state index in [0.717, 1.165) is 0 Å². The number of benzene rings is 2. The van der Waals surface area contributed by atoms with Crippen LogP contribution >= 0.6 is 43.5 Å². The summed E-state index contributed by atoms with van der Waals surface area (Å²) in [4.78, 5) is 11.6. The molecule has 0 fully saturated rings. The first kappa shape index (κ1) is 18.6. The number of phenols is 2. The predicted molar refractivity (Wildman–Crippen MR) is 97.9 cm³/mol. The van der Waals surface area contributed by atoms with E-state index in [0.29, 0.717) is 20.8 Å². The van der Waals surface area contributed by atoms with Crippen molar-refractivity contribution in [2.24, 2.45) is 5.10 Å². The van der Waals surface area contributed by atoms with Gasteiger partial charge in [0.05, 0.1) is 10.7 Å². The van der Waals surface area contributed by atoms with Gasteiger partial charge in [0.25, 0.3) is 5.91 Å². The number of halogens is 3. The number of nitrogens with zero attached hydrogens (tertiary/aromatic N) is 1. The van der Waals surface area contributed by atoms with Crippen molar-refractivity contribution in [3.8, 4) is 17.2 Å². The highest BCUT2D eigenvalue weighted by Gasteiger charge is 2.12. The van der Waals surface area contributed by atoms with Crippen molar-refractivity contribution in [1.82, 2.24) is 5.43 Å². The minimum Gasteiger partial charge on any atom is -0.506 e. The second kappa shape index (κ2) is 8.36. The van der Waals surface area contributed by atoms with Crippen LogP contribution in [0.15, 0.2) is 44.4 Å². The van der Waals surface area contributed by atoms with Crippen molar-refractivity contribution >= 4 is 55.6 Å². The van der Waals surface area contributed by atoms with Crippen LogP contribution in [-0.2, 0) is 4.79 Å². The summed E-state index contributed by atoms with van der Waals surface area (Å²) < 4.78 is 5.75. The van der Waals surface area contributed by atoms with Crippen molar-refractivity contribution in [2.45, 2.75) is 0 Å². The number of hydrazone groups is 1. The Balaban J connectivity index is 1.92. The first-order valence-corrected chi connectivity index (χ1v) is 8.45. The van der Waals surface area contributed by atoms with Gasteiger partial charge in [0, 0.05) is 10.6 Å². The molecule has 0 atom stereocenters. The van der Waals surface area contributed by atoms with E-state index >= 15 is 0 Å². The molecule has 0 aromatic heterocycles. The summed E-state index contributed by atoms with van der Waals surface area (Å²) in [6.45, 7) is -0.228. The summed E-state index contributed by atoms with van der Waals surface area (Å²) in [7, 11) is 0. The quantitative estimate of drug-likeness (QED) is 0.450. The second-order valence-corrected chi connectivity index (χ2v) is 6.58. The van der Waals surface area contributed by atoms with Gasteiger partial charge in [-0.25, -0.2) is 5.43 Å². The first-order chi connectivity index (χ1) is 11.4. The van der Waals surface area contributed by atoms with Gasteiger partial charge >= 0.3 is 0 Å². The molecule has 3 N–H and O–H groups in total. The molecule has 0 aliphatic carbocycles. The Morgan fingerprint density at radius 2 is 1.92 bits per heavy atom. The van der Waals surface area contributed by atoms with E-state index in [1.54, 1.807) is 24.3 Å². The Morgan fingerprint density at radius 1 is 1.25 bits per heavy atom. The molecular weight excluding hydrogens is 467 g/mol. The van der Waals surface area contributed by atoms with Gasteiger partial charge in [0.2, 0.25) is 0 Å². The molecule has 2 rings (SSSR count). The maximum atomic E-state index is 11.6. The van der Waals surface area contributed by atoms with E-state index < -0.39 is 5.91 Å². The highest BCUT2D eigenvalue weighted by Crippen LogP contribution is 2.40. The van der Waals surface area contributed by atoms with Crippen molar-refractivity contribution in [1.29, 1.82) is 0 Å². The fourth-order valence-corrected chi connectivity index (χ4v) is 2.88. The number of carbonyl (C=O) groups excluding carboxylic acids is 1. The van der Waals surface area contributed by atoms with Crippen LogP contribution in [0.25, 0.3) is 0 Å².